The fourth-order valence-electron chi connectivity index (χ4n) is 5.33. The molecule has 0 aliphatic rings. The Hall–Kier alpha value is -3.95. The van der Waals surface area contributed by atoms with Gasteiger partial charge in [-0.2, -0.15) is 0 Å². The highest BCUT2D eigenvalue weighted by atomic mass is 15.2. The number of unbranched alkanes of at least 4 members (excludes halogenated alkanes) is 1. The van der Waals surface area contributed by atoms with E-state index in [0.29, 0.717) is 5.92 Å². The summed E-state index contributed by atoms with van der Waals surface area (Å²) in [5, 5.41) is 0. The lowest BCUT2D eigenvalue weighted by Gasteiger charge is -2.25. The minimum atomic E-state index is 0.534. The molecule has 0 spiro atoms. The standard InChI is InChI=1S/C37H41N3/c1-4-5-25-40-35(36(33-17-11-7-12-18-33)38-37(40)34-19-13-8-14-20-34)28-39(26-30-15-9-6-10-16-30)27-31-21-23-32(24-22-31)29(2)3/h6-24,29H,4-5,25-28H2,1-3H3. The molecule has 1 heterocycles. The highest BCUT2D eigenvalue weighted by molar-refractivity contribution is 5.68. The first-order chi connectivity index (χ1) is 19.6. The van der Waals surface area contributed by atoms with Gasteiger partial charge in [-0.25, -0.2) is 4.98 Å². The normalized spacial score (nSPS) is 11.4. The van der Waals surface area contributed by atoms with Crippen LogP contribution in [0.2, 0.25) is 0 Å². The zero-order chi connectivity index (χ0) is 27.7. The molecule has 0 unspecified atom stereocenters. The van der Waals surface area contributed by atoms with E-state index in [0.717, 1.165) is 50.5 Å². The van der Waals surface area contributed by atoms with Gasteiger partial charge in [0, 0.05) is 37.3 Å². The molecule has 0 aliphatic heterocycles. The third-order valence-electron chi connectivity index (χ3n) is 7.56. The first-order valence-corrected chi connectivity index (χ1v) is 14.7. The number of benzene rings is 4. The van der Waals surface area contributed by atoms with Gasteiger partial charge in [0.05, 0.1) is 11.4 Å². The van der Waals surface area contributed by atoms with E-state index in [4.69, 9.17) is 4.98 Å². The molecule has 204 valence electrons. The van der Waals surface area contributed by atoms with Crippen molar-refractivity contribution in [3.05, 3.63) is 138 Å². The number of hydrogen-bond acceptors (Lipinski definition) is 2. The van der Waals surface area contributed by atoms with Crippen LogP contribution in [-0.4, -0.2) is 14.5 Å². The average Bonchev–Trinajstić information content (AvgIpc) is 3.35. The van der Waals surface area contributed by atoms with Gasteiger partial charge >= 0.3 is 0 Å². The molecule has 1 aromatic heterocycles. The van der Waals surface area contributed by atoms with Gasteiger partial charge < -0.3 is 4.57 Å². The molecule has 40 heavy (non-hydrogen) atoms. The molecule has 0 fully saturated rings. The lowest BCUT2D eigenvalue weighted by Crippen LogP contribution is -2.24. The topological polar surface area (TPSA) is 21.1 Å². The molecule has 5 aromatic rings. The van der Waals surface area contributed by atoms with Crippen molar-refractivity contribution in [1.82, 2.24) is 14.5 Å². The van der Waals surface area contributed by atoms with E-state index in [1.54, 1.807) is 0 Å². The van der Waals surface area contributed by atoms with Gasteiger partial charge in [-0.3, -0.25) is 4.90 Å². The van der Waals surface area contributed by atoms with E-state index < -0.39 is 0 Å². The predicted octanol–water partition coefficient (Wildman–Crippen LogP) is 9.34. The van der Waals surface area contributed by atoms with Crippen LogP contribution >= 0.6 is 0 Å². The molecule has 4 aromatic carbocycles. The maximum absolute atomic E-state index is 5.34. The lowest BCUT2D eigenvalue weighted by atomic mass is 10.0. The molecule has 3 heteroatoms. The van der Waals surface area contributed by atoms with Crippen LogP contribution in [0.15, 0.2) is 115 Å². The lowest BCUT2D eigenvalue weighted by molar-refractivity contribution is 0.241. The highest BCUT2D eigenvalue weighted by Crippen LogP contribution is 2.32. The first kappa shape index (κ1) is 27.6. The van der Waals surface area contributed by atoms with Crippen molar-refractivity contribution in [3.63, 3.8) is 0 Å². The minimum Gasteiger partial charge on any atom is -0.326 e. The molecular weight excluding hydrogens is 486 g/mol. The second-order valence-electron chi connectivity index (χ2n) is 11.0. The predicted molar refractivity (Wildman–Crippen MR) is 168 cm³/mol. The monoisotopic (exact) mass is 527 g/mol. The van der Waals surface area contributed by atoms with Gasteiger partial charge in [0.25, 0.3) is 0 Å². The Morgan fingerprint density at radius 1 is 0.650 bits per heavy atom. The Kier molecular flexibility index (Phi) is 9.26. The number of rotatable bonds is 12. The van der Waals surface area contributed by atoms with Gasteiger partial charge in [-0.1, -0.05) is 142 Å². The smallest absolute Gasteiger partial charge is 0.140 e. The molecular formula is C37H41N3. The zero-order valence-electron chi connectivity index (χ0n) is 24.1. The van der Waals surface area contributed by atoms with Gasteiger partial charge in [-0.15, -0.1) is 0 Å². The Morgan fingerprint density at radius 3 is 1.77 bits per heavy atom. The summed E-state index contributed by atoms with van der Waals surface area (Å²) in [6, 6.07) is 41.4. The number of hydrogen-bond donors (Lipinski definition) is 0. The SMILES string of the molecule is CCCCn1c(-c2ccccc2)nc(-c2ccccc2)c1CN(Cc1ccccc1)Cc1ccc(C(C)C)cc1. The number of aromatic nitrogens is 2. The van der Waals surface area contributed by atoms with Crippen molar-refractivity contribution in [2.24, 2.45) is 0 Å². The molecule has 0 radical (unpaired) electrons. The van der Waals surface area contributed by atoms with E-state index in [2.05, 4.69) is 145 Å². The van der Waals surface area contributed by atoms with Crippen LogP contribution in [0.3, 0.4) is 0 Å². The fraction of sp³-hybridized carbons (Fsp3) is 0.270. The van der Waals surface area contributed by atoms with E-state index in [-0.39, 0.29) is 0 Å². The highest BCUT2D eigenvalue weighted by Gasteiger charge is 2.22. The zero-order valence-corrected chi connectivity index (χ0v) is 24.1. The van der Waals surface area contributed by atoms with Crippen molar-refractivity contribution in [2.45, 2.75) is 65.7 Å². The van der Waals surface area contributed by atoms with Crippen LogP contribution in [0, 0.1) is 0 Å². The second-order valence-corrected chi connectivity index (χ2v) is 11.0. The molecule has 0 saturated carbocycles. The van der Waals surface area contributed by atoms with Crippen LogP contribution in [0.1, 0.15) is 61.9 Å². The van der Waals surface area contributed by atoms with Crippen LogP contribution in [0.25, 0.3) is 22.6 Å². The molecule has 0 aliphatic carbocycles. The number of nitrogens with zero attached hydrogens (tertiary/aromatic N) is 3. The van der Waals surface area contributed by atoms with Crippen LogP contribution < -0.4 is 0 Å². The maximum atomic E-state index is 5.34. The maximum Gasteiger partial charge on any atom is 0.140 e. The Balaban J connectivity index is 1.58. The molecule has 0 saturated heterocycles. The van der Waals surface area contributed by atoms with Crippen molar-refractivity contribution in [2.75, 3.05) is 0 Å². The first-order valence-electron chi connectivity index (χ1n) is 14.7. The summed E-state index contributed by atoms with van der Waals surface area (Å²) in [5.41, 5.74) is 8.76. The van der Waals surface area contributed by atoms with Gasteiger partial charge in [0.15, 0.2) is 0 Å². The minimum absolute atomic E-state index is 0.534. The molecule has 5 rings (SSSR count). The van der Waals surface area contributed by atoms with Crippen LogP contribution in [0.4, 0.5) is 0 Å². The summed E-state index contributed by atoms with van der Waals surface area (Å²) in [6.45, 7) is 10.3. The largest absolute Gasteiger partial charge is 0.326 e. The van der Waals surface area contributed by atoms with E-state index in [9.17, 15) is 0 Å². The van der Waals surface area contributed by atoms with Crippen LogP contribution in [0.5, 0.6) is 0 Å². The molecule has 0 N–H and O–H groups in total. The quantitative estimate of drug-likeness (QED) is 0.161. The summed E-state index contributed by atoms with van der Waals surface area (Å²) >= 11 is 0. The molecule has 0 bridgehead atoms. The van der Waals surface area contributed by atoms with Gasteiger partial charge in [0.2, 0.25) is 0 Å². The van der Waals surface area contributed by atoms with E-state index in [1.165, 1.54) is 33.5 Å². The van der Waals surface area contributed by atoms with Crippen molar-refractivity contribution < 1.29 is 0 Å². The van der Waals surface area contributed by atoms with Crippen molar-refractivity contribution >= 4 is 0 Å². The summed E-state index contributed by atoms with van der Waals surface area (Å²) in [4.78, 5) is 7.91. The van der Waals surface area contributed by atoms with E-state index >= 15 is 0 Å². The summed E-state index contributed by atoms with van der Waals surface area (Å²) in [6.07, 6.45) is 2.26. The van der Waals surface area contributed by atoms with Crippen molar-refractivity contribution in [1.29, 1.82) is 0 Å². The molecule has 0 amide bonds. The Bertz CT molecular complexity index is 1450. The van der Waals surface area contributed by atoms with Crippen LogP contribution in [-0.2, 0) is 26.2 Å². The third-order valence-corrected chi connectivity index (χ3v) is 7.56. The summed E-state index contributed by atoms with van der Waals surface area (Å²) in [7, 11) is 0. The Morgan fingerprint density at radius 2 is 1.20 bits per heavy atom. The summed E-state index contributed by atoms with van der Waals surface area (Å²) < 4.78 is 2.49. The average molecular weight is 528 g/mol. The summed E-state index contributed by atoms with van der Waals surface area (Å²) in [5.74, 6) is 1.59. The Labute approximate surface area is 240 Å². The van der Waals surface area contributed by atoms with Gasteiger partial charge in [0.1, 0.15) is 5.82 Å². The third kappa shape index (κ3) is 6.78. The fourth-order valence-corrected chi connectivity index (χ4v) is 5.33. The van der Waals surface area contributed by atoms with E-state index in [1.807, 2.05) is 0 Å². The second kappa shape index (κ2) is 13.4. The number of imidazole rings is 1. The molecule has 0 atom stereocenters. The van der Waals surface area contributed by atoms with Crippen molar-refractivity contribution in [3.8, 4) is 22.6 Å². The molecule has 3 nitrogen and oxygen atoms in total. The van der Waals surface area contributed by atoms with Gasteiger partial charge in [-0.05, 0) is 29.0 Å².